The molecule has 1 fully saturated rings. The van der Waals surface area contributed by atoms with Crippen molar-refractivity contribution in [3.63, 3.8) is 0 Å². The number of aromatic nitrogens is 2. The average molecular weight is 280 g/mol. The number of H-pyrrole nitrogens is 1. The topological polar surface area (TPSA) is 110 Å². The van der Waals surface area contributed by atoms with E-state index in [1.807, 2.05) is 0 Å². The average Bonchev–Trinajstić information content (AvgIpc) is 2.46. The van der Waals surface area contributed by atoms with E-state index in [9.17, 15) is 9.59 Å². The van der Waals surface area contributed by atoms with E-state index < -0.39 is 0 Å². The zero-order chi connectivity index (χ0) is 14.4. The molecule has 0 unspecified atom stereocenters. The third-order valence-corrected chi connectivity index (χ3v) is 3.36. The minimum Gasteiger partial charge on any atom is -0.376 e. The highest BCUT2D eigenvalue weighted by Crippen LogP contribution is 2.19. The summed E-state index contributed by atoms with van der Waals surface area (Å²) >= 11 is 0. The lowest BCUT2D eigenvalue weighted by atomic mass is 9.94. The fraction of sp³-hybridized carbons (Fsp3) is 0.615. The second-order valence-electron chi connectivity index (χ2n) is 4.96. The van der Waals surface area contributed by atoms with Crippen LogP contribution in [-0.4, -0.2) is 41.2 Å². The predicted octanol–water partition coefficient (Wildman–Crippen LogP) is -0.214. The zero-order valence-electron chi connectivity index (χ0n) is 11.3. The second kappa shape index (κ2) is 7.16. The van der Waals surface area contributed by atoms with Crippen molar-refractivity contribution in [2.45, 2.75) is 37.8 Å². The molecule has 1 aromatic rings. The number of ether oxygens (including phenoxy) is 1. The second-order valence-corrected chi connectivity index (χ2v) is 4.96. The van der Waals surface area contributed by atoms with Gasteiger partial charge in [0.25, 0.3) is 11.5 Å². The molecule has 0 atom stereocenters. The standard InChI is InChI=1S/C13H20N4O3/c14-9-1-3-10(4-2-9)20-6-5-15-13(19)11-7-17-12(18)8-16-11/h7-10H,1-6,14H2,(H,15,19)(H,17,18). The Morgan fingerprint density at radius 3 is 2.85 bits per heavy atom. The number of aromatic amines is 1. The van der Waals surface area contributed by atoms with Crippen LogP contribution in [0.5, 0.6) is 0 Å². The van der Waals surface area contributed by atoms with Crippen molar-refractivity contribution in [3.05, 3.63) is 28.4 Å². The molecular formula is C13H20N4O3. The molecule has 7 nitrogen and oxygen atoms in total. The molecule has 7 heteroatoms. The van der Waals surface area contributed by atoms with Crippen LogP contribution in [0.25, 0.3) is 0 Å². The number of carbonyl (C=O) groups is 1. The Hall–Kier alpha value is -1.73. The van der Waals surface area contributed by atoms with Crippen molar-refractivity contribution < 1.29 is 9.53 Å². The fourth-order valence-electron chi connectivity index (χ4n) is 2.20. The quantitative estimate of drug-likeness (QED) is 0.646. The third kappa shape index (κ3) is 4.43. The molecule has 1 saturated carbocycles. The molecule has 1 aromatic heterocycles. The summed E-state index contributed by atoms with van der Waals surface area (Å²) in [4.78, 5) is 28.7. The highest BCUT2D eigenvalue weighted by Gasteiger charge is 2.18. The maximum absolute atomic E-state index is 11.7. The van der Waals surface area contributed by atoms with Crippen LogP contribution in [0.2, 0.25) is 0 Å². The highest BCUT2D eigenvalue weighted by molar-refractivity contribution is 5.91. The first-order valence-corrected chi connectivity index (χ1v) is 6.85. The number of nitrogens with zero attached hydrogens (tertiary/aromatic N) is 1. The lowest BCUT2D eigenvalue weighted by Gasteiger charge is -2.26. The van der Waals surface area contributed by atoms with Crippen molar-refractivity contribution in [1.29, 1.82) is 0 Å². The van der Waals surface area contributed by atoms with Crippen LogP contribution in [0.15, 0.2) is 17.2 Å². The summed E-state index contributed by atoms with van der Waals surface area (Å²) in [5.41, 5.74) is 5.68. The van der Waals surface area contributed by atoms with Gasteiger partial charge in [-0.2, -0.15) is 0 Å². The van der Waals surface area contributed by atoms with Crippen molar-refractivity contribution >= 4 is 5.91 Å². The smallest absolute Gasteiger partial charge is 0.271 e. The minimum atomic E-state index is -0.333. The Bertz CT molecular complexity index is 474. The molecule has 0 aliphatic heterocycles. The first kappa shape index (κ1) is 14.7. The number of hydrogen-bond donors (Lipinski definition) is 3. The molecule has 0 aromatic carbocycles. The monoisotopic (exact) mass is 280 g/mol. The first-order valence-electron chi connectivity index (χ1n) is 6.85. The Morgan fingerprint density at radius 1 is 1.45 bits per heavy atom. The number of nitrogens with two attached hydrogens (primary N) is 1. The number of amides is 1. The predicted molar refractivity (Wildman–Crippen MR) is 73.4 cm³/mol. The van der Waals surface area contributed by atoms with Gasteiger partial charge in [-0.3, -0.25) is 9.59 Å². The van der Waals surface area contributed by atoms with E-state index >= 15 is 0 Å². The Balaban J connectivity index is 1.64. The molecule has 0 spiro atoms. The summed E-state index contributed by atoms with van der Waals surface area (Å²) in [7, 11) is 0. The van der Waals surface area contributed by atoms with Crippen molar-refractivity contribution in [1.82, 2.24) is 15.3 Å². The summed E-state index contributed by atoms with van der Waals surface area (Å²) in [6, 6.07) is 0.306. The lowest BCUT2D eigenvalue weighted by Crippen LogP contribution is -2.33. The fourth-order valence-corrected chi connectivity index (χ4v) is 2.20. The Morgan fingerprint density at radius 2 is 2.20 bits per heavy atom. The van der Waals surface area contributed by atoms with Crippen LogP contribution in [0.4, 0.5) is 0 Å². The molecule has 4 N–H and O–H groups in total. The summed E-state index contributed by atoms with van der Waals surface area (Å²) in [5.74, 6) is -0.324. The van der Waals surface area contributed by atoms with Crippen LogP contribution in [0, 0.1) is 0 Å². The van der Waals surface area contributed by atoms with Gasteiger partial charge < -0.3 is 20.8 Å². The summed E-state index contributed by atoms with van der Waals surface area (Å²) in [6.07, 6.45) is 6.58. The van der Waals surface area contributed by atoms with Crippen LogP contribution < -0.4 is 16.6 Å². The zero-order valence-corrected chi connectivity index (χ0v) is 11.3. The first-order chi connectivity index (χ1) is 9.65. The highest BCUT2D eigenvalue weighted by atomic mass is 16.5. The third-order valence-electron chi connectivity index (χ3n) is 3.36. The van der Waals surface area contributed by atoms with Gasteiger partial charge in [0, 0.05) is 18.8 Å². The van der Waals surface area contributed by atoms with Gasteiger partial charge in [0.15, 0.2) is 0 Å². The van der Waals surface area contributed by atoms with Gasteiger partial charge in [-0.25, -0.2) is 4.98 Å². The summed E-state index contributed by atoms with van der Waals surface area (Å²) in [5, 5.41) is 2.69. The largest absolute Gasteiger partial charge is 0.376 e. The molecule has 110 valence electrons. The van der Waals surface area contributed by atoms with Crippen LogP contribution in [0.3, 0.4) is 0 Å². The van der Waals surface area contributed by atoms with Crippen LogP contribution in [0.1, 0.15) is 36.2 Å². The van der Waals surface area contributed by atoms with E-state index in [0.717, 1.165) is 31.9 Å². The SMILES string of the molecule is NC1CCC(OCCNC(=O)c2c[nH]c(=O)cn2)CC1. The molecule has 2 rings (SSSR count). The lowest BCUT2D eigenvalue weighted by molar-refractivity contribution is 0.0267. The summed E-state index contributed by atoms with van der Waals surface area (Å²) in [6.45, 7) is 0.886. The Kier molecular flexibility index (Phi) is 5.25. The maximum Gasteiger partial charge on any atom is 0.271 e. The molecule has 0 saturated heterocycles. The van der Waals surface area contributed by atoms with Gasteiger partial charge in [0.2, 0.25) is 0 Å². The van der Waals surface area contributed by atoms with Gasteiger partial charge in [-0.1, -0.05) is 0 Å². The number of carbonyl (C=O) groups excluding carboxylic acids is 1. The molecule has 0 radical (unpaired) electrons. The van der Waals surface area contributed by atoms with Gasteiger partial charge in [-0.15, -0.1) is 0 Å². The van der Waals surface area contributed by atoms with E-state index in [2.05, 4.69) is 15.3 Å². The van der Waals surface area contributed by atoms with E-state index in [1.54, 1.807) is 0 Å². The van der Waals surface area contributed by atoms with Gasteiger partial charge in [-0.05, 0) is 25.7 Å². The van der Waals surface area contributed by atoms with Crippen LogP contribution >= 0.6 is 0 Å². The van der Waals surface area contributed by atoms with Crippen molar-refractivity contribution in [2.24, 2.45) is 5.73 Å². The number of nitrogens with one attached hydrogen (secondary N) is 2. The van der Waals surface area contributed by atoms with E-state index in [-0.39, 0.29) is 23.3 Å². The van der Waals surface area contributed by atoms with Crippen molar-refractivity contribution in [2.75, 3.05) is 13.2 Å². The molecular weight excluding hydrogens is 260 g/mol. The molecule has 20 heavy (non-hydrogen) atoms. The molecule has 1 heterocycles. The van der Waals surface area contributed by atoms with E-state index in [1.165, 1.54) is 6.20 Å². The van der Waals surface area contributed by atoms with Gasteiger partial charge in [0.1, 0.15) is 5.69 Å². The van der Waals surface area contributed by atoms with E-state index in [0.29, 0.717) is 19.2 Å². The molecule has 1 amide bonds. The molecule has 0 bridgehead atoms. The number of hydrogen-bond acceptors (Lipinski definition) is 5. The Labute approximate surface area is 116 Å². The van der Waals surface area contributed by atoms with Gasteiger partial charge in [0.05, 0.1) is 18.9 Å². The summed E-state index contributed by atoms with van der Waals surface area (Å²) < 4.78 is 5.69. The number of rotatable bonds is 5. The van der Waals surface area contributed by atoms with E-state index in [4.69, 9.17) is 10.5 Å². The molecule has 1 aliphatic rings. The normalized spacial score (nSPS) is 22.4. The molecule has 1 aliphatic carbocycles. The van der Waals surface area contributed by atoms with Crippen molar-refractivity contribution in [3.8, 4) is 0 Å². The van der Waals surface area contributed by atoms with Crippen LogP contribution in [-0.2, 0) is 4.74 Å². The van der Waals surface area contributed by atoms with Gasteiger partial charge >= 0.3 is 0 Å². The minimum absolute atomic E-state index is 0.188. The maximum atomic E-state index is 11.7.